The van der Waals surface area contributed by atoms with Crippen LogP contribution in [0.1, 0.15) is 5.56 Å². The van der Waals surface area contributed by atoms with Crippen LogP contribution in [0.15, 0.2) is 24.3 Å². The van der Waals surface area contributed by atoms with Crippen LogP contribution in [0.2, 0.25) is 0 Å². The Balaban J connectivity index is 2.75. The second-order valence-electron chi connectivity index (χ2n) is 2.38. The number of hydroxylamine groups is 1. The third-order valence-electron chi connectivity index (χ3n) is 1.49. The molecule has 0 fully saturated rings. The lowest BCUT2D eigenvalue weighted by Gasteiger charge is -2.07. The van der Waals surface area contributed by atoms with Gasteiger partial charge in [-0.25, -0.2) is 5.48 Å². The fraction of sp³-hybridized carbons (Fsp3) is 0.125. The molecule has 0 aliphatic rings. The quantitative estimate of drug-likeness (QED) is 0.456. The first kappa shape index (κ1) is 8.96. The molecule has 4 heteroatoms. The summed E-state index contributed by atoms with van der Waals surface area (Å²) in [6.07, 6.45) is 0. The van der Waals surface area contributed by atoms with E-state index in [2.05, 4.69) is 5.32 Å². The van der Waals surface area contributed by atoms with Gasteiger partial charge >= 0.3 is 0 Å². The number of hydrogen-bond donors (Lipinski definition) is 3. The Morgan fingerprint density at radius 3 is 2.67 bits per heavy atom. The lowest BCUT2D eigenvalue weighted by Crippen LogP contribution is -2.25. The molecule has 0 amide bonds. The van der Waals surface area contributed by atoms with Gasteiger partial charge in [0.05, 0.1) is 0 Å². The molecular weight excluding hydrogens is 172 g/mol. The summed E-state index contributed by atoms with van der Waals surface area (Å²) >= 11 is 4.72. The van der Waals surface area contributed by atoms with Crippen LogP contribution in [-0.2, 0) is 0 Å². The maximum atomic E-state index is 8.43. The van der Waals surface area contributed by atoms with Gasteiger partial charge < -0.3 is 5.32 Å². The van der Waals surface area contributed by atoms with Crippen LogP contribution in [-0.4, -0.2) is 10.3 Å². The fourth-order valence-electron chi connectivity index (χ4n) is 0.863. The van der Waals surface area contributed by atoms with Crippen molar-refractivity contribution in [1.29, 1.82) is 0 Å². The molecule has 1 aromatic rings. The zero-order valence-corrected chi connectivity index (χ0v) is 7.48. The molecule has 0 spiro atoms. The van der Waals surface area contributed by atoms with Gasteiger partial charge in [0.25, 0.3) is 0 Å². The molecule has 0 atom stereocenters. The van der Waals surface area contributed by atoms with E-state index in [1.54, 1.807) is 0 Å². The van der Waals surface area contributed by atoms with E-state index in [1.165, 1.54) is 0 Å². The van der Waals surface area contributed by atoms with E-state index < -0.39 is 0 Å². The number of benzene rings is 1. The number of rotatable bonds is 1. The highest BCUT2D eigenvalue weighted by Gasteiger charge is 1.97. The van der Waals surface area contributed by atoms with Crippen LogP contribution in [0.5, 0.6) is 0 Å². The number of thiocarbonyl (C=S) groups is 1. The van der Waals surface area contributed by atoms with E-state index in [-0.39, 0.29) is 5.11 Å². The molecule has 0 heterocycles. The molecule has 12 heavy (non-hydrogen) atoms. The lowest BCUT2D eigenvalue weighted by atomic mass is 10.2. The molecule has 0 unspecified atom stereocenters. The van der Waals surface area contributed by atoms with E-state index in [0.29, 0.717) is 0 Å². The Bertz CT molecular complexity index is 288. The molecule has 0 saturated heterocycles. The summed E-state index contributed by atoms with van der Waals surface area (Å²) in [6.45, 7) is 1.96. The van der Waals surface area contributed by atoms with Crippen molar-refractivity contribution in [3.63, 3.8) is 0 Å². The highest BCUT2D eigenvalue weighted by atomic mass is 32.1. The first-order chi connectivity index (χ1) is 5.74. The zero-order chi connectivity index (χ0) is 8.97. The molecule has 0 radical (unpaired) electrons. The van der Waals surface area contributed by atoms with E-state index in [9.17, 15) is 0 Å². The predicted molar refractivity (Wildman–Crippen MR) is 52.3 cm³/mol. The smallest absolute Gasteiger partial charge is 0.194 e. The third kappa shape index (κ3) is 2.18. The van der Waals surface area contributed by atoms with Gasteiger partial charge in [-0.05, 0) is 30.8 Å². The Labute approximate surface area is 76.4 Å². The van der Waals surface area contributed by atoms with Gasteiger partial charge in [-0.3, -0.25) is 5.21 Å². The van der Waals surface area contributed by atoms with Crippen LogP contribution in [0, 0.1) is 6.92 Å². The number of para-hydroxylation sites is 1. The monoisotopic (exact) mass is 182 g/mol. The van der Waals surface area contributed by atoms with Crippen LogP contribution < -0.4 is 10.8 Å². The van der Waals surface area contributed by atoms with E-state index in [1.807, 2.05) is 36.7 Å². The van der Waals surface area contributed by atoms with Crippen molar-refractivity contribution in [1.82, 2.24) is 5.48 Å². The molecule has 64 valence electrons. The third-order valence-corrected chi connectivity index (χ3v) is 1.69. The second kappa shape index (κ2) is 4.04. The molecule has 3 nitrogen and oxygen atoms in total. The van der Waals surface area contributed by atoms with Crippen LogP contribution in [0.4, 0.5) is 5.69 Å². The number of aryl methyl sites for hydroxylation is 1. The van der Waals surface area contributed by atoms with E-state index in [0.717, 1.165) is 11.3 Å². The Hall–Kier alpha value is -1.13. The molecule has 0 aliphatic heterocycles. The highest BCUT2D eigenvalue weighted by Crippen LogP contribution is 2.12. The van der Waals surface area contributed by atoms with Gasteiger partial charge in [-0.1, -0.05) is 18.2 Å². The van der Waals surface area contributed by atoms with E-state index >= 15 is 0 Å². The summed E-state index contributed by atoms with van der Waals surface area (Å²) in [5.74, 6) is 0. The maximum absolute atomic E-state index is 8.43. The highest BCUT2D eigenvalue weighted by molar-refractivity contribution is 7.80. The summed E-state index contributed by atoms with van der Waals surface area (Å²) in [4.78, 5) is 0. The van der Waals surface area contributed by atoms with Crippen molar-refractivity contribution < 1.29 is 5.21 Å². The SMILES string of the molecule is Cc1ccccc1NC(=S)NO. The van der Waals surface area contributed by atoms with Gasteiger partial charge in [-0.15, -0.1) is 0 Å². The average Bonchev–Trinajstić information content (AvgIpc) is 2.09. The molecule has 3 N–H and O–H groups in total. The summed E-state index contributed by atoms with van der Waals surface area (Å²) < 4.78 is 0. The van der Waals surface area contributed by atoms with Gasteiger partial charge in [0.1, 0.15) is 0 Å². The second-order valence-corrected chi connectivity index (χ2v) is 2.79. The summed E-state index contributed by atoms with van der Waals surface area (Å²) in [7, 11) is 0. The minimum atomic E-state index is 0.198. The molecule has 0 aliphatic carbocycles. The summed E-state index contributed by atoms with van der Waals surface area (Å²) in [6, 6.07) is 7.69. The fourth-order valence-corrected chi connectivity index (χ4v) is 0.973. The van der Waals surface area contributed by atoms with Crippen molar-refractivity contribution in [2.45, 2.75) is 6.92 Å². The van der Waals surface area contributed by atoms with Crippen LogP contribution >= 0.6 is 12.2 Å². The molecular formula is C8H10N2OS. The van der Waals surface area contributed by atoms with Crippen LogP contribution in [0.25, 0.3) is 0 Å². The van der Waals surface area contributed by atoms with Gasteiger partial charge in [0.15, 0.2) is 5.11 Å². The zero-order valence-electron chi connectivity index (χ0n) is 6.66. The Kier molecular flexibility index (Phi) is 3.01. The Morgan fingerprint density at radius 2 is 2.08 bits per heavy atom. The maximum Gasteiger partial charge on any atom is 0.194 e. The first-order valence-corrected chi connectivity index (χ1v) is 3.91. The van der Waals surface area contributed by atoms with Gasteiger partial charge in [0.2, 0.25) is 0 Å². The summed E-state index contributed by atoms with van der Waals surface area (Å²) in [5, 5.41) is 11.5. The van der Waals surface area contributed by atoms with Crippen molar-refractivity contribution in [3.8, 4) is 0 Å². The largest absolute Gasteiger partial charge is 0.331 e. The lowest BCUT2D eigenvalue weighted by molar-refractivity contribution is 0.237. The minimum Gasteiger partial charge on any atom is -0.331 e. The first-order valence-electron chi connectivity index (χ1n) is 3.51. The van der Waals surface area contributed by atoms with Gasteiger partial charge in [0, 0.05) is 5.69 Å². The van der Waals surface area contributed by atoms with Crippen molar-refractivity contribution in [3.05, 3.63) is 29.8 Å². The van der Waals surface area contributed by atoms with Crippen molar-refractivity contribution in [2.24, 2.45) is 0 Å². The summed E-state index contributed by atoms with van der Waals surface area (Å²) in [5.41, 5.74) is 3.83. The normalized spacial score (nSPS) is 9.17. The number of nitrogens with one attached hydrogen (secondary N) is 2. The van der Waals surface area contributed by atoms with Crippen molar-refractivity contribution in [2.75, 3.05) is 5.32 Å². The number of anilines is 1. The van der Waals surface area contributed by atoms with Crippen molar-refractivity contribution >= 4 is 23.0 Å². The molecule has 1 rings (SSSR count). The average molecular weight is 182 g/mol. The van der Waals surface area contributed by atoms with Gasteiger partial charge in [-0.2, -0.15) is 0 Å². The molecule has 0 saturated carbocycles. The minimum absolute atomic E-state index is 0.198. The molecule has 0 aromatic heterocycles. The molecule has 1 aromatic carbocycles. The standard InChI is InChI=1S/C8H10N2OS/c1-6-4-2-3-5-7(6)9-8(12)10-11/h2-5,11H,1H3,(H2,9,10,12). The Morgan fingerprint density at radius 1 is 1.42 bits per heavy atom. The predicted octanol–water partition coefficient (Wildman–Crippen LogP) is 1.67. The number of hydrogen-bond acceptors (Lipinski definition) is 2. The topological polar surface area (TPSA) is 44.3 Å². The molecule has 0 bridgehead atoms. The van der Waals surface area contributed by atoms with Crippen LogP contribution in [0.3, 0.4) is 0 Å². The van der Waals surface area contributed by atoms with E-state index in [4.69, 9.17) is 17.4 Å².